The lowest BCUT2D eigenvalue weighted by molar-refractivity contribution is 0.340. The first kappa shape index (κ1) is 23.0. The zero-order valence-corrected chi connectivity index (χ0v) is 19.2. The Kier molecular flexibility index (Phi) is 8.48. The summed E-state index contributed by atoms with van der Waals surface area (Å²) in [5.74, 6) is 7.39. The molecule has 1 saturated carbocycles. The zero-order chi connectivity index (χ0) is 21.5. The highest BCUT2D eigenvalue weighted by molar-refractivity contribution is 7.45. The van der Waals surface area contributed by atoms with Crippen LogP contribution in [0.25, 0.3) is 0 Å². The highest BCUT2D eigenvalue weighted by atomic mass is 35.5. The number of benzene rings is 1. The van der Waals surface area contributed by atoms with Gasteiger partial charge < -0.3 is 14.7 Å². The van der Waals surface area contributed by atoms with Crippen molar-refractivity contribution in [1.82, 2.24) is 0 Å². The van der Waals surface area contributed by atoms with Gasteiger partial charge in [-0.25, -0.2) is 9.98 Å². The molecule has 1 unspecified atom stereocenters. The number of rotatable bonds is 5. The lowest BCUT2D eigenvalue weighted by atomic mass is 9.79. The van der Waals surface area contributed by atoms with E-state index in [0.29, 0.717) is 28.9 Å². The predicted molar refractivity (Wildman–Crippen MR) is 127 cm³/mol. The molecule has 3 rings (SSSR count). The lowest BCUT2D eigenvalue weighted by Gasteiger charge is -2.29. The molecule has 1 aliphatic carbocycles. The molecule has 1 fully saturated rings. The Bertz CT molecular complexity index is 863. The second kappa shape index (κ2) is 11.1. The highest BCUT2D eigenvalue weighted by Crippen LogP contribution is 2.40. The Hall–Kier alpha value is -1.70. The van der Waals surface area contributed by atoms with Crippen LogP contribution in [0.4, 0.5) is 5.69 Å². The van der Waals surface area contributed by atoms with Crippen molar-refractivity contribution in [2.75, 3.05) is 11.1 Å². The average Bonchev–Trinajstić information content (AvgIpc) is 3.16. The molecular weight excluding hydrogens is 417 g/mol. The summed E-state index contributed by atoms with van der Waals surface area (Å²) in [6.07, 6.45) is 9.07. The highest BCUT2D eigenvalue weighted by Gasteiger charge is 2.28. The summed E-state index contributed by atoms with van der Waals surface area (Å²) in [5, 5.41) is 0.370. The predicted octanol–water partition coefficient (Wildman–Crippen LogP) is 5.39. The van der Waals surface area contributed by atoms with Crippen molar-refractivity contribution >= 4 is 38.2 Å². The molecule has 1 aliphatic heterocycles. The third-order valence-corrected chi connectivity index (χ3v) is 6.79. The molecule has 2 N–H and O–H groups in total. The molecule has 5 nitrogen and oxygen atoms in total. The molecule has 0 amide bonds. The molecule has 1 atom stereocenters. The van der Waals surface area contributed by atoms with Crippen molar-refractivity contribution in [3.8, 4) is 11.8 Å². The second-order valence-electron chi connectivity index (χ2n) is 7.66. The van der Waals surface area contributed by atoms with Gasteiger partial charge in [-0.2, -0.15) is 0 Å². The van der Waals surface area contributed by atoms with Crippen molar-refractivity contribution in [3.63, 3.8) is 0 Å². The number of halogens is 1. The van der Waals surface area contributed by atoms with Gasteiger partial charge in [-0.1, -0.05) is 36.6 Å². The van der Waals surface area contributed by atoms with Gasteiger partial charge in [-0.3, -0.25) is 0 Å². The van der Waals surface area contributed by atoms with Crippen LogP contribution >= 0.6 is 20.0 Å². The van der Waals surface area contributed by atoms with Crippen LogP contribution in [0.1, 0.15) is 57.4 Å². The van der Waals surface area contributed by atoms with Crippen molar-refractivity contribution in [1.29, 1.82) is 0 Å². The summed E-state index contributed by atoms with van der Waals surface area (Å²) in [6, 6.07) is 8.38. The van der Waals surface area contributed by atoms with Crippen LogP contribution in [0.5, 0.6) is 0 Å². The minimum Gasteiger partial charge on any atom is -0.350 e. The van der Waals surface area contributed by atoms with Crippen LogP contribution in [0, 0.1) is 17.8 Å². The Morgan fingerprint density at radius 3 is 2.57 bits per heavy atom. The first-order valence-corrected chi connectivity index (χ1v) is 12.3. The number of anilines is 1. The van der Waals surface area contributed by atoms with Gasteiger partial charge in [0.1, 0.15) is 11.7 Å². The fourth-order valence-electron chi connectivity index (χ4n) is 4.12. The Morgan fingerprint density at radius 2 is 1.97 bits per heavy atom. The lowest BCUT2D eigenvalue weighted by Crippen LogP contribution is -2.29. The maximum Gasteiger partial charge on any atom is 0.165 e. The number of aliphatic imine (C=N–C) groups is 2. The maximum absolute atomic E-state index is 9.26. The van der Waals surface area contributed by atoms with Crippen LogP contribution < -0.4 is 4.90 Å². The summed E-state index contributed by atoms with van der Waals surface area (Å²) in [4.78, 5) is 29.2. The van der Waals surface area contributed by atoms with Gasteiger partial charge >= 0.3 is 0 Å². The van der Waals surface area contributed by atoms with Gasteiger partial charge in [0, 0.05) is 24.5 Å². The monoisotopic (exact) mass is 445 g/mol. The minimum atomic E-state index is -1.77. The van der Waals surface area contributed by atoms with Gasteiger partial charge in [0.2, 0.25) is 0 Å². The van der Waals surface area contributed by atoms with E-state index in [1.54, 1.807) is 12.6 Å². The van der Waals surface area contributed by atoms with Gasteiger partial charge in [-0.15, -0.1) is 5.92 Å². The Morgan fingerprint density at radius 1 is 1.27 bits per heavy atom. The van der Waals surface area contributed by atoms with Crippen molar-refractivity contribution in [2.24, 2.45) is 15.9 Å². The van der Waals surface area contributed by atoms with Crippen molar-refractivity contribution < 1.29 is 9.79 Å². The van der Waals surface area contributed by atoms with E-state index in [4.69, 9.17) is 11.6 Å². The standard InChI is InChI=1S/C23H29ClN3O2P/c1-3-5-6-21-22(23(24)25-4-2)26-16-27(21)20-13-11-19(12-14-20)18-9-7-17(8-10-18)15-30(28)29/h4,11-14,16-18,21,28-29H,3,7-10,15H2,1-2H3/b23-22+,25-4?. The maximum atomic E-state index is 9.26. The SMILES string of the molecule is CC=N/C(Cl)=C1/N=CN(c2ccc(C3CCC(CP(O)O)CC3)cc2)C1C#CCC. The molecule has 1 aromatic rings. The molecule has 30 heavy (non-hydrogen) atoms. The van der Waals surface area contributed by atoms with E-state index < -0.39 is 8.38 Å². The molecule has 0 bridgehead atoms. The van der Waals surface area contributed by atoms with Crippen LogP contribution in [-0.4, -0.2) is 34.5 Å². The van der Waals surface area contributed by atoms with E-state index in [9.17, 15) is 9.79 Å². The van der Waals surface area contributed by atoms with Crippen LogP contribution in [0.2, 0.25) is 0 Å². The second-order valence-corrected chi connectivity index (χ2v) is 9.12. The number of nitrogens with zero attached hydrogens (tertiary/aromatic N) is 3. The van der Waals surface area contributed by atoms with Gasteiger partial charge in [0.25, 0.3) is 0 Å². The van der Waals surface area contributed by atoms with E-state index in [0.717, 1.165) is 37.8 Å². The Labute approximate surface area is 185 Å². The summed E-state index contributed by atoms with van der Waals surface area (Å²) in [5.41, 5.74) is 3.03. The largest absolute Gasteiger partial charge is 0.350 e. The van der Waals surface area contributed by atoms with Gasteiger partial charge in [-0.05, 0) is 62.1 Å². The minimum absolute atomic E-state index is 0.241. The average molecular weight is 446 g/mol. The fourth-order valence-corrected chi connectivity index (χ4v) is 5.20. The Balaban J connectivity index is 1.72. The zero-order valence-electron chi connectivity index (χ0n) is 17.5. The first-order chi connectivity index (χ1) is 14.5. The quantitative estimate of drug-likeness (QED) is 0.276. The molecule has 1 aromatic carbocycles. The third-order valence-electron chi connectivity index (χ3n) is 5.66. The summed E-state index contributed by atoms with van der Waals surface area (Å²) in [6.45, 7) is 3.85. The van der Waals surface area contributed by atoms with Crippen molar-refractivity contribution in [2.45, 2.75) is 57.9 Å². The van der Waals surface area contributed by atoms with E-state index in [1.165, 1.54) is 5.56 Å². The van der Waals surface area contributed by atoms with E-state index in [1.807, 2.05) is 18.7 Å². The smallest absolute Gasteiger partial charge is 0.165 e. The molecule has 0 aromatic heterocycles. The van der Waals surface area contributed by atoms with Gasteiger partial charge in [0.15, 0.2) is 13.5 Å². The molecule has 160 valence electrons. The molecule has 0 saturated heterocycles. The normalized spacial score (nSPS) is 25.7. The van der Waals surface area contributed by atoms with Crippen LogP contribution in [0.3, 0.4) is 0 Å². The molecule has 1 heterocycles. The van der Waals surface area contributed by atoms with E-state index in [2.05, 4.69) is 46.1 Å². The van der Waals surface area contributed by atoms with Crippen LogP contribution in [-0.2, 0) is 0 Å². The summed E-state index contributed by atoms with van der Waals surface area (Å²) in [7, 11) is -1.77. The van der Waals surface area contributed by atoms with E-state index >= 15 is 0 Å². The number of hydrogen-bond acceptors (Lipinski definition) is 5. The van der Waals surface area contributed by atoms with Crippen LogP contribution in [0.15, 0.2) is 45.1 Å². The molecule has 2 aliphatic rings. The first-order valence-electron chi connectivity index (χ1n) is 10.5. The van der Waals surface area contributed by atoms with Crippen molar-refractivity contribution in [3.05, 3.63) is 40.7 Å². The molecule has 0 spiro atoms. The molecular formula is C23H29ClN3O2P. The van der Waals surface area contributed by atoms with E-state index in [-0.39, 0.29) is 6.04 Å². The molecule has 7 heteroatoms. The summed E-state index contributed by atoms with van der Waals surface area (Å²) >= 11 is 6.33. The summed E-state index contributed by atoms with van der Waals surface area (Å²) < 4.78 is 0. The third kappa shape index (κ3) is 5.71. The van der Waals surface area contributed by atoms with Gasteiger partial charge in [0.05, 0.1) is 6.34 Å². The topological polar surface area (TPSA) is 68.4 Å². The number of hydrogen-bond donors (Lipinski definition) is 2. The molecule has 0 radical (unpaired) electrons. The fraction of sp³-hybridized carbons (Fsp3) is 0.478.